The first-order valence-electron chi connectivity index (χ1n) is 7.61. The van der Waals surface area contributed by atoms with E-state index in [-0.39, 0.29) is 11.1 Å². The largest absolute Gasteiger partial charge is 0.370 e. The highest BCUT2D eigenvalue weighted by Crippen LogP contribution is 2.31. The molecule has 120 valence electrons. The van der Waals surface area contributed by atoms with E-state index in [1.54, 1.807) is 24.4 Å². The quantitative estimate of drug-likeness (QED) is 0.821. The molecule has 2 aromatic rings. The molecule has 1 aromatic carbocycles. The Morgan fingerprint density at radius 3 is 2.65 bits per heavy atom. The number of aromatic nitrogens is 1. The van der Waals surface area contributed by atoms with Gasteiger partial charge in [0.25, 0.3) is 5.91 Å². The number of hydrogen-bond donors (Lipinski definition) is 1. The Balaban J connectivity index is 1.88. The molecule has 0 spiro atoms. The Bertz CT molecular complexity index is 715. The minimum atomic E-state index is -0.288. The van der Waals surface area contributed by atoms with Gasteiger partial charge in [-0.3, -0.25) is 4.79 Å². The molecule has 23 heavy (non-hydrogen) atoms. The monoisotopic (exact) mass is 349 g/mol. The lowest BCUT2D eigenvalue weighted by molar-refractivity contribution is 0.102. The molecule has 1 saturated heterocycles. The summed E-state index contributed by atoms with van der Waals surface area (Å²) < 4.78 is 0. The van der Waals surface area contributed by atoms with Crippen LogP contribution >= 0.6 is 23.2 Å². The summed E-state index contributed by atoms with van der Waals surface area (Å²) in [5, 5.41) is 3.68. The fourth-order valence-electron chi connectivity index (χ4n) is 2.76. The standard InChI is InChI=1S/C17H17Cl2N3O/c18-12-6-7-15(22-9-2-1-3-10-22)14(11-12)21-17(23)13-5-4-8-20-16(13)19/h4-8,11H,1-3,9-10H2,(H,21,23). The third kappa shape index (κ3) is 3.77. The molecule has 1 fully saturated rings. The average Bonchev–Trinajstić information content (AvgIpc) is 2.56. The van der Waals surface area contributed by atoms with Crippen molar-refractivity contribution in [3.63, 3.8) is 0 Å². The number of piperidine rings is 1. The molecule has 0 aliphatic carbocycles. The normalized spacial score (nSPS) is 14.6. The van der Waals surface area contributed by atoms with Crippen molar-refractivity contribution in [2.75, 3.05) is 23.3 Å². The predicted octanol–water partition coefficient (Wildman–Crippen LogP) is 4.63. The van der Waals surface area contributed by atoms with Gasteiger partial charge in [-0.05, 0) is 49.6 Å². The molecule has 1 aromatic heterocycles. The van der Waals surface area contributed by atoms with Gasteiger partial charge < -0.3 is 10.2 Å². The summed E-state index contributed by atoms with van der Waals surface area (Å²) in [6.45, 7) is 1.97. The Hall–Kier alpha value is -1.78. The maximum atomic E-state index is 12.5. The summed E-state index contributed by atoms with van der Waals surface area (Å²) in [6.07, 6.45) is 5.11. The summed E-state index contributed by atoms with van der Waals surface area (Å²) in [5.74, 6) is -0.288. The van der Waals surface area contributed by atoms with Crippen LogP contribution in [-0.4, -0.2) is 24.0 Å². The van der Waals surface area contributed by atoms with Gasteiger partial charge in [0.15, 0.2) is 0 Å². The maximum absolute atomic E-state index is 12.5. The molecule has 1 amide bonds. The number of nitrogens with zero attached hydrogens (tertiary/aromatic N) is 2. The van der Waals surface area contributed by atoms with Gasteiger partial charge >= 0.3 is 0 Å². The van der Waals surface area contributed by atoms with Crippen molar-refractivity contribution in [1.82, 2.24) is 4.98 Å². The fourth-order valence-corrected chi connectivity index (χ4v) is 3.14. The van der Waals surface area contributed by atoms with Crippen LogP contribution in [0.4, 0.5) is 11.4 Å². The molecule has 1 N–H and O–H groups in total. The number of carbonyl (C=O) groups is 1. The molecule has 6 heteroatoms. The van der Waals surface area contributed by atoms with Gasteiger partial charge in [0.2, 0.25) is 0 Å². The van der Waals surface area contributed by atoms with Crippen LogP contribution in [0.15, 0.2) is 36.5 Å². The summed E-state index contributed by atoms with van der Waals surface area (Å²) >= 11 is 12.1. The van der Waals surface area contributed by atoms with Crippen molar-refractivity contribution in [3.05, 3.63) is 52.3 Å². The number of nitrogens with one attached hydrogen (secondary N) is 1. The molecule has 1 aliphatic heterocycles. The number of pyridine rings is 1. The van der Waals surface area contributed by atoms with E-state index >= 15 is 0 Å². The van der Waals surface area contributed by atoms with Crippen molar-refractivity contribution < 1.29 is 4.79 Å². The SMILES string of the molecule is O=C(Nc1cc(Cl)ccc1N1CCCCC1)c1cccnc1Cl. The summed E-state index contributed by atoms with van der Waals surface area (Å²) in [7, 11) is 0. The molecule has 1 aliphatic rings. The number of hydrogen-bond acceptors (Lipinski definition) is 3. The molecule has 0 unspecified atom stereocenters. The van der Waals surface area contributed by atoms with Crippen LogP contribution in [0.2, 0.25) is 10.2 Å². The Morgan fingerprint density at radius 1 is 1.13 bits per heavy atom. The number of anilines is 2. The number of rotatable bonds is 3. The topological polar surface area (TPSA) is 45.2 Å². The Labute approximate surface area is 145 Å². The van der Waals surface area contributed by atoms with E-state index in [1.807, 2.05) is 12.1 Å². The minimum absolute atomic E-state index is 0.187. The van der Waals surface area contributed by atoms with Gasteiger partial charge in [0.1, 0.15) is 5.15 Å². The lowest BCUT2D eigenvalue weighted by Gasteiger charge is -2.30. The smallest absolute Gasteiger partial charge is 0.258 e. The molecule has 2 heterocycles. The number of benzene rings is 1. The fraction of sp³-hybridized carbons (Fsp3) is 0.294. The highest BCUT2D eigenvalue weighted by atomic mass is 35.5. The van der Waals surface area contributed by atoms with Gasteiger partial charge in [-0.15, -0.1) is 0 Å². The lowest BCUT2D eigenvalue weighted by Crippen LogP contribution is -2.30. The van der Waals surface area contributed by atoms with Crippen molar-refractivity contribution >= 4 is 40.5 Å². The molecular formula is C17H17Cl2N3O. The number of amides is 1. The van der Waals surface area contributed by atoms with Crippen molar-refractivity contribution in [2.45, 2.75) is 19.3 Å². The lowest BCUT2D eigenvalue weighted by atomic mass is 10.1. The maximum Gasteiger partial charge on any atom is 0.258 e. The Kier molecular flexibility index (Phi) is 5.03. The minimum Gasteiger partial charge on any atom is -0.370 e. The molecule has 0 atom stereocenters. The van der Waals surface area contributed by atoms with E-state index in [9.17, 15) is 4.79 Å². The van der Waals surface area contributed by atoms with Crippen molar-refractivity contribution in [2.24, 2.45) is 0 Å². The second-order valence-electron chi connectivity index (χ2n) is 5.51. The second-order valence-corrected chi connectivity index (χ2v) is 6.30. The van der Waals surface area contributed by atoms with Crippen LogP contribution in [0, 0.1) is 0 Å². The average molecular weight is 350 g/mol. The molecule has 3 rings (SSSR count). The zero-order valence-electron chi connectivity index (χ0n) is 12.6. The van der Waals surface area contributed by atoms with Crippen LogP contribution in [-0.2, 0) is 0 Å². The highest BCUT2D eigenvalue weighted by molar-refractivity contribution is 6.33. The van der Waals surface area contributed by atoms with Crippen LogP contribution in [0.3, 0.4) is 0 Å². The van der Waals surface area contributed by atoms with E-state index in [4.69, 9.17) is 23.2 Å². The van der Waals surface area contributed by atoms with Crippen LogP contribution < -0.4 is 10.2 Å². The second kappa shape index (κ2) is 7.20. The van der Waals surface area contributed by atoms with Crippen LogP contribution in [0.25, 0.3) is 0 Å². The third-order valence-electron chi connectivity index (χ3n) is 3.91. The summed E-state index contributed by atoms with van der Waals surface area (Å²) in [5.41, 5.74) is 2.03. The summed E-state index contributed by atoms with van der Waals surface area (Å²) in [6, 6.07) is 8.90. The van der Waals surface area contributed by atoms with E-state index in [2.05, 4.69) is 15.2 Å². The van der Waals surface area contributed by atoms with Gasteiger partial charge in [-0.25, -0.2) is 4.98 Å². The van der Waals surface area contributed by atoms with Crippen LogP contribution in [0.5, 0.6) is 0 Å². The van der Waals surface area contributed by atoms with Crippen molar-refractivity contribution in [3.8, 4) is 0 Å². The Morgan fingerprint density at radius 2 is 1.91 bits per heavy atom. The zero-order chi connectivity index (χ0) is 16.2. The molecule has 0 bridgehead atoms. The molecule has 0 saturated carbocycles. The van der Waals surface area contributed by atoms with E-state index in [0.717, 1.165) is 31.6 Å². The molecule has 4 nitrogen and oxygen atoms in total. The predicted molar refractivity (Wildman–Crippen MR) is 94.7 cm³/mol. The van der Waals surface area contributed by atoms with E-state index < -0.39 is 0 Å². The molecular weight excluding hydrogens is 333 g/mol. The van der Waals surface area contributed by atoms with Gasteiger partial charge in [-0.1, -0.05) is 23.2 Å². The first-order chi connectivity index (χ1) is 11.1. The third-order valence-corrected chi connectivity index (χ3v) is 4.44. The van der Waals surface area contributed by atoms with Gasteiger partial charge in [0, 0.05) is 24.3 Å². The zero-order valence-corrected chi connectivity index (χ0v) is 14.1. The van der Waals surface area contributed by atoms with Crippen LogP contribution in [0.1, 0.15) is 29.6 Å². The summed E-state index contributed by atoms with van der Waals surface area (Å²) in [4.78, 5) is 18.7. The first kappa shape index (κ1) is 16.1. The van der Waals surface area contributed by atoms with E-state index in [1.165, 1.54) is 6.42 Å². The first-order valence-corrected chi connectivity index (χ1v) is 8.37. The highest BCUT2D eigenvalue weighted by Gasteiger charge is 2.18. The van der Waals surface area contributed by atoms with Gasteiger partial charge in [-0.2, -0.15) is 0 Å². The van der Waals surface area contributed by atoms with E-state index in [0.29, 0.717) is 16.3 Å². The van der Waals surface area contributed by atoms with Crippen molar-refractivity contribution in [1.29, 1.82) is 0 Å². The number of carbonyl (C=O) groups excluding carboxylic acids is 1. The molecule has 0 radical (unpaired) electrons. The van der Waals surface area contributed by atoms with Gasteiger partial charge in [0.05, 0.1) is 16.9 Å². The number of halogens is 2.